The number of benzene rings is 1. The maximum Gasteiger partial charge on any atom is 0.339 e. The fourth-order valence-electron chi connectivity index (χ4n) is 1.09. The van der Waals surface area contributed by atoms with E-state index in [2.05, 4.69) is 4.99 Å². The third kappa shape index (κ3) is 2.65. The minimum Gasteiger partial charge on any atom is -0.493 e. The first kappa shape index (κ1) is 10.9. The summed E-state index contributed by atoms with van der Waals surface area (Å²) in [6.45, 7) is 2.12. The molecule has 0 aliphatic carbocycles. The maximum absolute atomic E-state index is 10.8. The summed E-state index contributed by atoms with van der Waals surface area (Å²) in [5.74, 6) is -0.865. The van der Waals surface area contributed by atoms with Crippen LogP contribution in [0.3, 0.4) is 0 Å². The molecule has 1 rings (SSSR count). The van der Waals surface area contributed by atoms with Crippen molar-refractivity contribution in [3.8, 4) is 5.75 Å². The molecule has 0 aliphatic rings. The predicted octanol–water partition coefficient (Wildman–Crippen LogP) is 1.75. The number of ether oxygens (including phenoxy) is 1. The second-order valence-electron chi connectivity index (χ2n) is 2.62. The van der Waals surface area contributed by atoms with Gasteiger partial charge in [0.2, 0.25) is 6.08 Å². The number of carboxylic acid groups (broad SMARTS) is 1. The molecule has 0 heterocycles. The molecule has 0 atom stereocenters. The lowest BCUT2D eigenvalue weighted by molar-refractivity contribution is 0.0692. The van der Waals surface area contributed by atoms with E-state index in [1.807, 2.05) is 0 Å². The van der Waals surface area contributed by atoms with E-state index in [4.69, 9.17) is 9.84 Å². The van der Waals surface area contributed by atoms with Gasteiger partial charge in [0.25, 0.3) is 0 Å². The van der Waals surface area contributed by atoms with Crippen LogP contribution < -0.4 is 4.74 Å². The Morgan fingerprint density at radius 1 is 1.60 bits per heavy atom. The highest BCUT2D eigenvalue weighted by Gasteiger charge is 2.11. The second-order valence-corrected chi connectivity index (χ2v) is 2.62. The van der Waals surface area contributed by atoms with Crippen LogP contribution in [0, 0.1) is 0 Å². The van der Waals surface area contributed by atoms with Crippen LogP contribution in [0.2, 0.25) is 0 Å². The number of aromatic carboxylic acids is 1. The van der Waals surface area contributed by atoms with Gasteiger partial charge >= 0.3 is 5.97 Å². The highest BCUT2D eigenvalue weighted by molar-refractivity contribution is 5.92. The van der Waals surface area contributed by atoms with Crippen molar-refractivity contribution in [2.45, 2.75) is 6.92 Å². The Hall–Kier alpha value is -2.13. The molecule has 0 radical (unpaired) electrons. The van der Waals surface area contributed by atoms with E-state index in [-0.39, 0.29) is 17.0 Å². The van der Waals surface area contributed by atoms with Gasteiger partial charge in [-0.15, -0.1) is 0 Å². The molecule has 1 N–H and O–H groups in total. The van der Waals surface area contributed by atoms with Gasteiger partial charge in [-0.25, -0.2) is 9.59 Å². The van der Waals surface area contributed by atoms with Gasteiger partial charge in [-0.2, -0.15) is 4.99 Å². The maximum atomic E-state index is 10.8. The number of carbonyl (C=O) groups is 1. The highest BCUT2D eigenvalue weighted by Crippen LogP contribution is 2.24. The minimum absolute atomic E-state index is 0.0200. The van der Waals surface area contributed by atoms with Crippen molar-refractivity contribution < 1.29 is 19.4 Å². The second kappa shape index (κ2) is 4.93. The molecule has 0 aliphatic heterocycles. The average molecular weight is 207 g/mol. The van der Waals surface area contributed by atoms with Crippen LogP contribution in [0.1, 0.15) is 17.3 Å². The zero-order chi connectivity index (χ0) is 11.3. The molecule has 1 aromatic carbocycles. The Kier molecular flexibility index (Phi) is 3.60. The molecular formula is C10H9NO4. The Morgan fingerprint density at radius 3 is 2.87 bits per heavy atom. The molecule has 15 heavy (non-hydrogen) atoms. The van der Waals surface area contributed by atoms with Crippen molar-refractivity contribution >= 4 is 17.7 Å². The van der Waals surface area contributed by atoms with E-state index in [1.54, 1.807) is 6.92 Å². The SMILES string of the molecule is CCOc1ccc(N=C=O)cc1C(=O)O. The monoisotopic (exact) mass is 207 g/mol. The normalized spacial score (nSPS) is 9.13. The molecule has 0 saturated carbocycles. The number of hydrogen-bond donors (Lipinski definition) is 1. The molecule has 0 amide bonds. The van der Waals surface area contributed by atoms with Gasteiger partial charge in [-0.3, -0.25) is 0 Å². The Balaban J connectivity index is 3.19. The topological polar surface area (TPSA) is 76.0 Å². The van der Waals surface area contributed by atoms with Gasteiger partial charge in [-0.1, -0.05) is 0 Å². The fourth-order valence-corrected chi connectivity index (χ4v) is 1.09. The van der Waals surface area contributed by atoms with E-state index in [0.717, 1.165) is 0 Å². The van der Waals surface area contributed by atoms with Crippen molar-refractivity contribution in [2.75, 3.05) is 6.61 Å². The molecule has 5 nitrogen and oxygen atoms in total. The van der Waals surface area contributed by atoms with Crippen LogP contribution in [0.25, 0.3) is 0 Å². The Morgan fingerprint density at radius 2 is 2.33 bits per heavy atom. The van der Waals surface area contributed by atoms with Crippen LogP contribution in [-0.2, 0) is 4.79 Å². The summed E-state index contributed by atoms with van der Waals surface area (Å²) in [5.41, 5.74) is 0.221. The highest BCUT2D eigenvalue weighted by atomic mass is 16.5. The van der Waals surface area contributed by atoms with E-state index < -0.39 is 5.97 Å². The molecule has 0 saturated heterocycles. The molecule has 0 fully saturated rings. The summed E-state index contributed by atoms with van der Waals surface area (Å²) in [6, 6.07) is 4.21. The number of hydrogen-bond acceptors (Lipinski definition) is 4. The van der Waals surface area contributed by atoms with Gasteiger partial charge in [0.05, 0.1) is 12.3 Å². The average Bonchev–Trinajstić information content (AvgIpc) is 2.21. The van der Waals surface area contributed by atoms with Crippen LogP contribution >= 0.6 is 0 Å². The van der Waals surface area contributed by atoms with E-state index in [9.17, 15) is 9.59 Å². The van der Waals surface area contributed by atoms with Crippen LogP contribution in [0.5, 0.6) is 5.75 Å². The zero-order valence-electron chi connectivity index (χ0n) is 8.06. The third-order valence-corrected chi connectivity index (χ3v) is 1.67. The zero-order valence-corrected chi connectivity index (χ0v) is 8.06. The molecule has 0 spiro atoms. The summed E-state index contributed by atoms with van der Waals surface area (Å²) < 4.78 is 5.11. The number of nitrogens with zero attached hydrogens (tertiary/aromatic N) is 1. The van der Waals surface area contributed by atoms with Gasteiger partial charge in [-0.05, 0) is 25.1 Å². The van der Waals surface area contributed by atoms with E-state index in [0.29, 0.717) is 6.61 Å². The Labute approximate surface area is 86.0 Å². The number of rotatable bonds is 4. The van der Waals surface area contributed by atoms with E-state index >= 15 is 0 Å². The molecule has 78 valence electrons. The van der Waals surface area contributed by atoms with Crippen LogP contribution in [0.15, 0.2) is 23.2 Å². The van der Waals surface area contributed by atoms with Crippen molar-refractivity contribution in [3.05, 3.63) is 23.8 Å². The lowest BCUT2D eigenvalue weighted by atomic mass is 10.2. The van der Waals surface area contributed by atoms with Gasteiger partial charge in [0, 0.05) is 0 Å². The van der Waals surface area contributed by atoms with Crippen molar-refractivity contribution in [1.29, 1.82) is 0 Å². The quantitative estimate of drug-likeness (QED) is 0.602. The molecule has 0 bridgehead atoms. The largest absolute Gasteiger partial charge is 0.493 e. The van der Waals surface area contributed by atoms with Gasteiger partial charge < -0.3 is 9.84 Å². The summed E-state index contributed by atoms with van der Waals surface area (Å²) >= 11 is 0. The van der Waals surface area contributed by atoms with Crippen molar-refractivity contribution in [1.82, 2.24) is 0 Å². The van der Waals surface area contributed by atoms with Crippen LogP contribution in [0.4, 0.5) is 5.69 Å². The molecule has 0 unspecified atom stereocenters. The minimum atomic E-state index is -1.12. The Bertz CT molecular complexity index is 421. The summed E-state index contributed by atoms with van der Waals surface area (Å²) in [5, 5.41) is 8.86. The lowest BCUT2D eigenvalue weighted by Crippen LogP contribution is -2.02. The van der Waals surface area contributed by atoms with Gasteiger partial charge in [0.1, 0.15) is 11.3 Å². The summed E-state index contributed by atoms with van der Waals surface area (Å²) in [4.78, 5) is 24.2. The lowest BCUT2D eigenvalue weighted by Gasteiger charge is -2.06. The fraction of sp³-hybridized carbons (Fsp3) is 0.200. The first-order valence-electron chi connectivity index (χ1n) is 4.27. The van der Waals surface area contributed by atoms with Gasteiger partial charge in [0.15, 0.2) is 0 Å². The van der Waals surface area contributed by atoms with Crippen molar-refractivity contribution in [2.24, 2.45) is 4.99 Å². The van der Waals surface area contributed by atoms with Crippen molar-refractivity contribution in [3.63, 3.8) is 0 Å². The number of carboxylic acids is 1. The third-order valence-electron chi connectivity index (χ3n) is 1.67. The molecule has 1 aromatic rings. The standard InChI is InChI=1S/C10H9NO4/c1-2-15-9-4-3-7(11-6-12)5-8(9)10(13)14/h3-5H,2H2,1H3,(H,13,14). The number of aliphatic imine (C=N–C) groups is 1. The first-order valence-corrected chi connectivity index (χ1v) is 4.27. The summed E-state index contributed by atoms with van der Waals surface area (Å²) in [6.07, 6.45) is 1.34. The summed E-state index contributed by atoms with van der Waals surface area (Å²) in [7, 11) is 0. The number of carbonyl (C=O) groups excluding carboxylic acids is 1. The molecule has 0 aromatic heterocycles. The van der Waals surface area contributed by atoms with Crippen LogP contribution in [-0.4, -0.2) is 23.8 Å². The first-order chi connectivity index (χ1) is 7.19. The predicted molar refractivity (Wildman–Crippen MR) is 52.4 cm³/mol. The number of isocyanates is 1. The molecule has 5 heteroatoms. The smallest absolute Gasteiger partial charge is 0.339 e. The molecular weight excluding hydrogens is 198 g/mol. The van der Waals surface area contributed by atoms with E-state index in [1.165, 1.54) is 24.3 Å².